The molecule has 0 heterocycles. The third kappa shape index (κ3) is 2.95. The second-order valence-electron chi connectivity index (χ2n) is 6.49. The molecule has 1 N–H and O–H groups in total. The molecule has 0 saturated heterocycles. The Bertz CT molecular complexity index is 383. The quantitative estimate of drug-likeness (QED) is 0.827. The third-order valence-corrected chi connectivity index (χ3v) is 4.70. The molecule has 0 spiro atoms. The van der Waals surface area contributed by atoms with Crippen LogP contribution in [0.15, 0.2) is 24.3 Å². The van der Waals surface area contributed by atoms with Crippen LogP contribution in [0.5, 0.6) is 0 Å². The molecule has 2 fully saturated rings. The molecule has 1 nitrogen and oxygen atoms in total. The van der Waals surface area contributed by atoms with Crippen LogP contribution in [0.25, 0.3) is 0 Å². The first-order valence-corrected chi connectivity index (χ1v) is 7.59. The van der Waals surface area contributed by atoms with Gasteiger partial charge in [-0.2, -0.15) is 0 Å². The predicted molar refractivity (Wildman–Crippen MR) is 76.7 cm³/mol. The molecule has 0 amide bonds. The highest BCUT2D eigenvalue weighted by Crippen LogP contribution is 2.39. The standard InChI is InChI=1S/C17H25N/c1-17(11-3-2-4-12-17)18-13-14-5-7-15(8-6-14)16-9-10-16/h5-8,16,18H,2-4,9-13H2,1H3. The molecule has 0 radical (unpaired) electrons. The highest BCUT2D eigenvalue weighted by Gasteiger charge is 2.26. The van der Waals surface area contributed by atoms with Gasteiger partial charge in [0.05, 0.1) is 0 Å². The monoisotopic (exact) mass is 243 g/mol. The Kier molecular flexibility index (Phi) is 3.43. The van der Waals surface area contributed by atoms with Crippen molar-refractivity contribution in [1.82, 2.24) is 5.32 Å². The summed E-state index contributed by atoms with van der Waals surface area (Å²) in [4.78, 5) is 0. The molecule has 2 aliphatic rings. The summed E-state index contributed by atoms with van der Waals surface area (Å²) in [6.07, 6.45) is 9.69. The Morgan fingerprint density at radius 3 is 2.33 bits per heavy atom. The van der Waals surface area contributed by atoms with Crippen molar-refractivity contribution in [2.24, 2.45) is 0 Å². The largest absolute Gasteiger partial charge is 0.307 e. The van der Waals surface area contributed by atoms with Gasteiger partial charge in [-0.05, 0) is 49.7 Å². The lowest BCUT2D eigenvalue weighted by Gasteiger charge is -2.34. The van der Waals surface area contributed by atoms with Gasteiger partial charge in [0.2, 0.25) is 0 Å². The van der Waals surface area contributed by atoms with Gasteiger partial charge in [-0.15, -0.1) is 0 Å². The average molecular weight is 243 g/mol. The van der Waals surface area contributed by atoms with E-state index in [1.807, 2.05) is 0 Å². The highest BCUT2D eigenvalue weighted by atomic mass is 15.0. The summed E-state index contributed by atoms with van der Waals surface area (Å²) in [6, 6.07) is 9.29. The molecule has 0 unspecified atom stereocenters. The van der Waals surface area contributed by atoms with Gasteiger partial charge >= 0.3 is 0 Å². The lowest BCUT2D eigenvalue weighted by atomic mass is 9.83. The molecular weight excluding hydrogens is 218 g/mol. The first-order chi connectivity index (χ1) is 8.75. The van der Waals surface area contributed by atoms with Crippen molar-refractivity contribution in [2.75, 3.05) is 0 Å². The van der Waals surface area contributed by atoms with Gasteiger partial charge in [0.1, 0.15) is 0 Å². The van der Waals surface area contributed by atoms with E-state index in [2.05, 4.69) is 36.5 Å². The van der Waals surface area contributed by atoms with Crippen LogP contribution in [-0.2, 0) is 6.54 Å². The first-order valence-electron chi connectivity index (χ1n) is 7.59. The molecule has 98 valence electrons. The maximum Gasteiger partial charge on any atom is 0.0210 e. The van der Waals surface area contributed by atoms with Gasteiger partial charge in [-0.1, -0.05) is 43.5 Å². The lowest BCUT2D eigenvalue weighted by molar-refractivity contribution is 0.252. The highest BCUT2D eigenvalue weighted by molar-refractivity contribution is 5.28. The summed E-state index contributed by atoms with van der Waals surface area (Å²) in [5, 5.41) is 3.78. The summed E-state index contributed by atoms with van der Waals surface area (Å²) in [5.74, 6) is 0.878. The van der Waals surface area contributed by atoms with E-state index in [0.717, 1.165) is 12.5 Å². The molecule has 0 atom stereocenters. The summed E-state index contributed by atoms with van der Waals surface area (Å²) >= 11 is 0. The van der Waals surface area contributed by atoms with E-state index < -0.39 is 0 Å². The molecule has 3 rings (SSSR count). The predicted octanol–water partition coefficient (Wildman–Crippen LogP) is 4.38. The van der Waals surface area contributed by atoms with Crippen molar-refractivity contribution >= 4 is 0 Å². The molecule has 2 aliphatic carbocycles. The molecule has 2 saturated carbocycles. The van der Waals surface area contributed by atoms with Crippen molar-refractivity contribution in [3.8, 4) is 0 Å². The van der Waals surface area contributed by atoms with Gasteiger partial charge in [-0.25, -0.2) is 0 Å². The summed E-state index contributed by atoms with van der Waals surface area (Å²) in [7, 11) is 0. The summed E-state index contributed by atoms with van der Waals surface area (Å²) in [6.45, 7) is 3.42. The average Bonchev–Trinajstić information content (AvgIpc) is 3.22. The minimum Gasteiger partial charge on any atom is -0.307 e. The molecule has 0 aliphatic heterocycles. The van der Waals surface area contributed by atoms with E-state index in [4.69, 9.17) is 0 Å². The lowest BCUT2D eigenvalue weighted by Crippen LogP contribution is -2.43. The smallest absolute Gasteiger partial charge is 0.0210 e. The normalized spacial score (nSPS) is 22.9. The second kappa shape index (κ2) is 5.05. The summed E-state index contributed by atoms with van der Waals surface area (Å²) < 4.78 is 0. The Balaban J connectivity index is 1.55. The Hall–Kier alpha value is -0.820. The van der Waals surface area contributed by atoms with Crippen molar-refractivity contribution in [2.45, 2.75) is 69.9 Å². The molecule has 0 bridgehead atoms. The second-order valence-corrected chi connectivity index (χ2v) is 6.49. The van der Waals surface area contributed by atoms with E-state index in [-0.39, 0.29) is 0 Å². The molecule has 1 heteroatoms. The van der Waals surface area contributed by atoms with Gasteiger partial charge in [0.25, 0.3) is 0 Å². The van der Waals surface area contributed by atoms with Crippen LogP contribution in [-0.4, -0.2) is 5.54 Å². The minimum absolute atomic E-state index is 0.382. The first kappa shape index (κ1) is 12.2. The van der Waals surface area contributed by atoms with E-state index in [1.165, 1.54) is 50.5 Å². The fraction of sp³-hybridized carbons (Fsp3) is 0.647. The van der Waals surface area contributed by atoms with Crippen molar-refractivity contribution < 1.29 is 0 Å². The third-order valence-electron chi connectivity index (χ3n) is 4.70. The van der Waals surface area contributed by atoms with Gasteiger partial charge in [-0.3, -0.25) is 0 Å². The fourth-order valence-corrected chi connectivity index (χ4v) is 3.15. The van der Waals surface area contributed by atoms with Crippen molar-refractivity contribution in [3.05, 3.63) is 35.4 Å². The molecule has 1 aromatic carbocycles. The van der Waals surface area contributed by atoms with Gasteiger partial charge < -0.3 is 5.32 Å². The maximum atomic E-state index is 3.78. The molecule has 18 heavy (non-hydrogen) atoms. The van der Waals surface area contributed by atoms with E-state index in [0.29, 0.717) is 5.54 Å². The van der Waals surface area contributed by atoms with Gasteiger partial charge in [0.15, 0.2) is 0 Å². The Labute approximate surface area is 111 Å². The van der Waals surface area contributed by atoms with Crippen LogP contribution < -0.4 is 5.32 Å². The SMILES string of the molecule is CC1(NCc2ccc(C3CC3)cc2)CCCCC1. The number of benzene rings is 1. The molecular formula is C17H25N. The maximum absolute atomic E-state index is 3.78. The number of hydrogen-bond acceptors (Lipinski definition) is 1. The van der Waals surface area contributed by atoms with Crippen molar-refractivity contribution in [1.29, 1.82) is 0 Å². The van der Waals surface area contributed by atoms with Crippen LogP contribution >= 0.6 is 0 Å². The number of rotatable bonds is 4. The zero-order valence-electron chi connectivity index (χ0n) is 11.5. The van der Waals surface area contributed by atoms with Crippen LogP contribution in [0.3, 0.4) is 0 Å². The molecule has 0 aromatic heterocycles. The summed E-state index contributed by atoms with van der Waals surface area (Å²) in [5.41, 5.74) is 3.36. The van der Waals surface area contributed by atoms with Crippen LogP contribution in [0.2, 0.25) is 0 Å². The fourth-order valence-electron chi connectivity index (χ4n) is 3.15. The van der Waals surface area contributed by atoms with Crippen LogP contribution in [0.4, 0.5) is 0 Å². The van der Waals surface area contributed by atoms with Crippen molar-refractivity contribution in [3.63, 3.8) is 0 Å². The zero-order chi connectivity index (χ0) is 12.4. The Morgan fingerprint density at radius 2 is 1.72 bits per heavy atom. The van der Waals surface area contributed by atoms with E-state index in [1.54, 1.807) is 5.56 Å². The Morgan fingerprint density at radius 1 is 1.06 bits per heavy atom. The molecule has 1 aromatic rings. The van der Waals surface area contributed by atoms with Gasteiger partial charge in [0, 0.05) is 12.1 Å². The number of hydrogen-bond donors (Lipinski definition) is 1. The minimum atomic E-state index is 0.382. The van der Waals surface area contributed by atoms with E-state index >= 15 is 0 Å². The van der Waals surface area contributed by atoms with E-state index in [9.17, 15) is 0 Å². The van der Waals surface area contributed by atoms with Crippen LogP contribution in [0.1, 0.15) is 68.9 Å². The zero-order valence-corrected chi connectivity index (χ0v) is 11.5. The topological polar surface area (TPSA) is 12.0 Å². The van der Waals surface area contributed by atoms with Crippen LogP contribution in [0, 0.1) is 0 Å². The number of nitrogens with one attached hydrogen (secondary N) is 1.